The number of benzene rings is 2. The lowest BCUT2D eigenvalue weighted by Crippen LogP contribution is -2.47. The number of sulfone groups is 1. The van der Waals surface area contributed by atoms with Crippen LogP contribution in [-0.2, 0) is 19.4 Å². The largest absolute Gasteiger partial charge is 0.463 e. The number of ether oxygens (including phenoxy) is 1. The highest BCUT2D eigenvalue weighted by molar-refractivity contribution is 7.91. The molecule has 1 heterocycles. The molecule has 0 saturated heterocycles. The van der Waals surface area contributed by atoms with Gasteiger partial charge in [0, 0.05) is 10.7 Å². The summed E-state index contributed by atoms with van der Waals surface area (Å²) in [5, 5.41) is 5.59. The number of halogens is 1. The van der Waals surface area contributed by atoms with Gasteiger partial charge in [-0.3, -0.25) is 0 Å². The lowest BCUT2D eigenvalue weighted by molar-refractivity contribution is -0.139. The normalized spacial score (nSPS) is 16.6. The van der Waals surface area contributed by atoms with Crippen LogP contribution in [-0.4, -0.2) is 32.8 Å². The van der Waals surface area contributed by atoms with Gasteiger partial charge in [-0.1, -0.05) is 35.9 Å². The third kappa shape index (κ3) is 4.66. The van der Waals surface area contributed by atoms with Crippen molar-refractivity contribution in [2.24, 2.45) is 0 Å². The van der Waals surface area contributed by atoms with Crippen LogP contribution in [0.4, 0.5) is 4.79 Å². The lowest BCUT2D eigenvalue weighted by atomic mass is 9.92. The molecule has 0 fully saturated rings. The Morgan fingerprint density at radius 2 is 1.80 bits per heavy atom. The number of aryl methyl sites for hydroxylation is 1. The van der Waals surface area contributed by atoms with E-state index in [1.165, 1.54) is 24.3 Å². The van der Waals surface area contributed by atoms with Gasteiger partial charge in [0.15, 0.2) is 9.84 Å². The maximum absolute atomic E-state index is 13.0. The van der Waals surface area contributed by atoms with Crippen LogP contribution >= 0.6 is 11.6 Å². The zero-order valence-electron chi connectivity index (χ0n) is 16.4. The topological polar surface area (TPSA) is 102 Å². The van der Waals surface area contributed by atoms with Gasteiger partial charge in [-0.05, 0) is 49.2 Å². The average Bonchev–Trinajstić information content (AvgIpc) is 2.68. The summed E-state index contributed by atoms with van der Waals surface area (Å²) < 4.78 is 31.1. The van der Waals surface area contributed by atoms with Gasteiger partial charge in [-0.15, -0.1) is 0 Å². The van der Waals surface area contributed by atoms with Crippen molar-refractivity contribution in [1.29, 1.82) is 0 Å². The van der Waals surface area contributed by atoms with Crippen LogP contribution in [0.5, 0.6) is 0 Å². The molecule has 1 aliphatic heterocycles. The van der Waals surface area contributed by atoms with Crippen molar-refractivity contribution in [1.82, 2.24) is 10.6 Å². The molecule has 0 aromatic heterocycles. The van der Waals surface area contributed by atoms with Gasteiger partial charge < -0.3 is 15.4 Å². The highest BCUT2D eigenvalue weighted by atomic mass is 35.5. The van der Waals surface area contributed by atoms with E-state index in [0.29, 0.717) is 10.6 Å². The smallest absolute Gasteiger partial charge is 0.338 e. The second-order valence-electron chi connectivity index (χ2n) is 6.71. The first kappa shape index (κ1) is 21.9. The van der Waals surface area contributed by atoms with Gasteiger partial charge in [-0.2, -0.15) is 0 Å². The molecule has 7 nitrogen and oxygen atoms in total. The Morgan fingerprint density at radius 1 is 1.13 bits per heavy atom. The summed E-state index contributed by atoms with van der Waals surface area (Å²) >= 11 is 5.84. The van der Waals surface area contributed by atoms with Gasteiger partial charge in [-0.25, -0.2) is 18.0 Å². The molecule has 1 aliphatic rings. The van der Waals surface area contributed by atoms with E-state index in [2.05, 4.69) is 10.6 Å². The van der Waals surface area contributed by atoms with Crippen molar-refractivity contribution in [2.75, 3.05) is 12.4 Å². The first-order valence-electron chi connectivity index (χ1n) is 9.24. The highest BCUT2D eigenvalue weighted by Gasteiger charge is 2.36. The van der Waals surface area contributed by atoms with E-state index in [1.54, 1.807) is 19.1 Å². The fourth-order valence-electron chi connectivity index (χ4n) is 3.24. The van der Waals surface area contributed by atoms with Crippen LogP contribution in [0.25, 0.3) is 0 Å². The van der Waals surface area contributed by atoms with Crippen molar-refractivity contribution in [3.05, 3.63) is 76.0 Å². The van der Waals surface area contributed by atoms with Crippen molar-refractivity contribution < 1.29 is 22.7 Å². The Morgan fingerprint density at radius 3 is 2.43 bits per heavy atom. The second-order valence-corrected chi connectivity index (χ2v) is 9.14. The van der Waals surface area contributed by atoms with Crippen LogP contribution in [0.15, 0.2) is 64.7 Å². The van der Waals surface area contributed by atoms with E-state index in [1.807, 2.05) is 19.1 Å². The van der Waals surface area contributed by atoms with E-state index in [9.17, 15) is 18.0 Å². The summed E-state index contributed by atoms with van der Waals surface area (Å²) in [6.45, 7) is 3.60. The molecule has 0 bridgehead atoms. The maximum atomic E-state index is 13.0. The van der Waals surface area contributed by atoms with Crippen molar-refractivity contribution in [3.63, 3.8) is 0 Å². The molecule has 2 N–H and O–H groups in total. The average molecular weight is 449 g/mol. The summed E-state index contributed by atoms with van der Waals surface area (Å²) in [5.41, 5.74) is 1.56. The summed E-state index contributed by atoms with van der Waals surface area (Å²) in [6.07, 6.45) is 0. The van der Waals surface area contributed by atoms with Crippen molar-refractivity contribution in [3.8, 4) is 0 Å². The fraction of sp³-hybridized carbons (Fsp3) is 0.238. The number of esters is 1. The van der Waals surface area contributed by atoms with E-state index < -0.39 is 33.6 Å². The molecule has 0 aliphatic carbocycles. The van der Waals surface area contributed by atoms with E-state index in [-0.39, 0.29) is 22.8 Å². The number of amides is 2. The van der Waals surface area contributed by atoms with Gasteiger partial charge >= 0.3 is 12.0 Å². The van der Waals surface area contributed by atoms with E-state index >= 15 is 0 Å². The van der Waals surface area contributed by atoms with Gasteiger partial charge in [0.2, 0.25) is 0 Å². The van der Waals surface area contributed by atoms with Crippen LogP contribution in [0.2, 0.25) is 5.02 Å². The second kappa shape index (κ2) is 8.89. The predicted molar refractivity (Wildman–Crippen MR) is 113 cm³/mol. The molecular formula is C21H21ClN2O5S. The Labute approximate surface area is 180 Å². The molecule has 30 heavy (non-hydrogen) atoms. The molecule has 0 spiro atoms. The zero-order valence-corrected chi connectivity index (χ0v) is 18.0. The minimum Gasteiger partial charge on any atom is -0.463 e. The predicted octanol–water partition coefficient (Wildman–Crippen LogP) is 3.29. The summed E-state index contributed by atoms with van der Waals surface area (Å²) in [5.74, 6) is -1.27. The fourth-order valence-corrected chi connectivity index (χ4v) is 4.69. The Hall–Kier alpha value is -2.84. The number of nitrogens with one attached hydrogen (secondary N) is 2. The van der Waals surface area contributed by atoms with Crippen molar-refractivity contribution in [2.45, 2.75) is 24.8 Å². The molecule has 1 atom stereocenters. The number of carbonyl (C=O) groups excluding carboxylic acids is 2. The molecule has 3 rings (SSSR count). The first-order chi connectivity index (χ1) is 14.2. The summed E-state index contributed by atoms with van der Waals surface area (Å²) in [6, 6.07) is 11.5. The van der Waals surface area contributed by atoms with Crippen LogP contribution in [0, 0.1) is 6.92 Å². The Bertz CT molecular complexity index is 1110. The van der Waals surface area contributed by atoms with Crippen LogP contribution < -0.4 is 10.6 Å². The Kier molecular flexibility index (Phi) is 6.48. The third-order valence-electron chi connectivity index (χ3n) is 4.66. The number of rotatable bonds is 6. The molecule has 9 heteroatoms. The van der Waals surface area contributed by atoms with Crippen LogP contribution in [0.3, 0.4) is 0 Å². The molecular weight excluding hydrogens is 428 g/mol. The number of hydrogen-bond donors (Lipinski definition) is 2. The molecule has 158 valence electrons. The molecule has 0 saturated carbocycles. The van der Waals surface area contributed by atoms with Gasteiger partial charge in [0.25, 0.3) is 0 Å². The quantitative estimate of drug-likeness (QED) is 0.660. The summed E-state index contributed by atoms with van der Waals surface area (Å²) in [7, 11) is -3.86. The molecule has 0 radical (unpaired) electrons. The summed E-state index contributed by atoms with van der Waals surface area (Å²) in [4.78, 5) is 25.2. The molecule has 2 amide bonds. The molecule has 0 unspecified atom stereocenters. The van der Waals surface area contributed by atoms with Crippen LogP contribution in [0.1, 0.15) is 24.1 Å². The molecule has 2 aromatic rings. The van der Waals surface area contributed by atoms with E-state index in [4.69, 9.17) is 16.3 Å². The lowest BCUT2D eigenvalue weighted by Gasteiger charge is -2.30. The number of hydrogen-bond acceptors (Lipinski definition) is 5. The van der Waals surface area contributed by atoms with E-state index in [0.717, 1.165) is 5.56 Å². The monoisotopic (exact) mass is 448 g/mol. The third-order valence-corrected chi connectivity index (χ3v) is 6.57. The number of carbonyl (C=O) groups is 2. The highest BCUT2D eigenvalue weighted by Crippen LogP contribution is 2.31. The first-order valence-corrected chi connectivity index (χ1v) is 11.3. The SMILES string of the molecule is CCOC(=O)C1=C(CS(=O)(=O)c2ccc(Cl)cc2)NC(=O)N[C@@H]1c1ccccc1C. The zero-order chi connectivity index (χ0) is 21.9. The standard InChI is InChI=1S/C21H21ClN2O5S/c1-3-29-20(25)18-17(12-30(27,28)15-10-8-14(22)9-11-15)23-21(26)24-19(18)16-7-5-4-6-13(16)2/h4-11,19H,3,12H2,1-2H3,(H2,23,24,26)/t19-/m1/s1. The minimum atomic E-state index is -3.86. The minimum absolute atomic E-state index is 0.0135. The van der Waals surface area contributed by atoms with Crippen molar-refractivity contribution >= 4 is 33.4 Å². The van der Waals surface area contributed by atoms with Gasteiger partial charge in [0.1, 0.15) is 0 Å². The molecule has 2 aromatic carbocycles. The Balaban J connectivity index is 2.11. The van der Waals surface area contributed by atoms with Gasteiger partial charge in [0.05, 0.1) is 28.9 Å². The maximum Gasteiger partial charge on any atom is 0.338 e. The number of urea groups is 1.